The normalized spacial score (nSPS) is 14.9. The van der Waals surface area contributed by atoms with E-state index < -0.39 is 15.1 Å². The van der Waals surface area contributed by atoms with Gasteiger partial charge in [0.05, 0.1) is 13.7 Å². The lowest BCUT2D eigenvalue weighted by Gasteiger charge is -2.33. The van der Waals surface area contributed by atoms with Crippen molar-refractivity contribution < 1.29 is 17.0 Å². The molecule has 2 N–H and O–H groups in total. The second-order valence-corrected chi connectivity index (χ2v) is 10.0. The first kappa shape index (κ1) is 26.5. The summed E-state index contributed by atoms with van der Waals surface area (Å²) >= 11 is 0. The molecule has 0 amide bonds. The largest absolute Gasteiger partial charge is 0.497 e. The lowest BCUT2D eigenvalue weighted by atomic mass is 10.0. The van der Waals surface area contributed by atoms with Gasteiger partial charge in [-0.3, -0.25) is 4.90 Å². The standard InChI is InChI=1S/C25H30FN7O3S/c1-4-7-32-9-11-33(12-10-32)8-5-6-28-25-29-17-19-15-22(24(27-2)30-23(19)31-25)18-13-20(36-3)16-21(14-18)37(26,34)35/h1,13-17H,5-12H2,2-3H3,(H2,27,28,29,30,31). The Hall–Kier alpha value is -3.53. The van der Waals surface area contributed by atoms with Crippen LogP contribution < -0.4 is 15.4 Å². The zero-order valence-corrected chi connectivity index (χ0v) is 21.7. The highest BCUT2D eigenvalue weighted by Crippen LogP contribution is 2.34. The molecule has 37 heavy (non-hydrogen) atoms. The molecule has 0 saturated carbocycles. The van der Waals surface area contributed by atoms with Gasteiger partial charge in [-0.15, -0.1) is 10.3 Å². The molecule has 3 heterocycles. The molecule has 196 valence electrons. The van der Waals surface area contributed by atoms with Crippen LogP contribution in [-0.4, -0.2) is 93.1 Å². The monoisotopic (exact) mass is 527 g/mol. The van der Waals surface area contributed by atoms with Gasteiger partial charge >= 0.3 is 10.2 Å². The van der Waals surface area contributed by atoms with Crippen LogP contribution in [0.4, 0.5) is 15.7 Å². The summed E-state index contributed by atoms with van der Waals surface area (Å²) in [5.41, 5.74) is 1.46. The molecule has 0 unspecified atom stereocenters. The van der Waals surface area contributed by atoms with Gasteiger partial charge in [0.25, 0.3) is 0 Å². The van der Waals surface area contributed by atoms with Crippen molar-refractivity contribution >= 4 is 33.0 Å². The molecule has 1 aliphatic rings. The van der Waals surface area contributed by atoms with Crippen LogP contribution in [0.2, 0.25) is 0 Å². The molecule has 0 aliphatic carbocycles. The molecule has 12 heteroatoms. The van der Waals surface area contributed by atoms with Gasteiger partial charge in [-0.1, -0.05) is 5.92 Å². The van der Waals surface area contributed by atoms with Gasteiger partial charge in [0.15, 0.2) is 5.65 Å². The molecule has 3 aromatic rings. The van der Waals surface area contributed by atoms with E-state index >= 15 is 0 Å². The number of rotatable bonds is 10. The van der Waals surface area contributed by atoms with Crippen molar-refractivity contribution in [3.05, 3.63) is 30.5 Å². The fourth-order valence-electron chi connectivity index (χ4n) is 4.25. The van der Waals surface area contributed by atoms with Crippen LogP contribution in [0.15, 0.2) is 35.4 Å². The summed E-state index contributed by atoms with van der Waals surface area (Å²) in [6, 6.07) is 5.77. The average Bonchev–Trinajstić information content (AvgIpc) is 2.90. The number of halogens is 1. The number of methoxy groups -OCH3 is 1. The van der Waals surface area contributed by atoms with Crippen LogP contribution in [0.1, 0.15) is 6.42 Å². The van der Waals surface area contributed by atoms with E-state index in [-0.39, 0.29) is 5.75 Å². The van der Waals surface area contributed by atoms with Crippen LogP contribution in [0.5, 0.6) is 5.75 Å². The van der Waals surface area contributed by atoms with Gasteiger partial charge in [-0.25, -0.2) is 9.97 Å². The molecular formula is C25H30FN7O3S. The first-order chi connectivity index (χ1) is 17.8. The van der Waals surface area contributed by atoms with Crippen LogP contribution >= 0.6 is 0 Å². The SMILES string of the molecule is C#CCN1CCN(CCCNc2ncc3cc(-c4cc(OC)cc(S(=O)(=O)F)c4)c(NC)nc3n2)CC1. The highest BCUT2D eigenvalue weighted by Gasteiger charge is 2.18. The number of nitrogens with zero attached hydrogens (tertiary/aromatic N) is 5. The summed E-state index contributed by atoms with van der Waals surface area (Å²) in [5.74, 6) is 3.84. The van der Waals surface area contributed by atoms with Crippen molar-refractivity contribution in [2.24, 2.45) is 0 Å². The third-order valence-electron chi connectivity index (χ3n) is 6.23. The van der Waals surface area contributed by atoms with Gasteiger partial charge in [0.1, 0.15) is 16.5 Å². The number of benzene rings is 1. The zero-order valence-electron chi connectivity index (χ0n) is 20.9. The molecular weight excluding hydrogens is 497 g/mol. The highest BCUT2D eigenvalue weighted by molar-refractivity contribution is 7.86. The summed E-state index contributed by atoms with van der Waals surface area (Å²) < 4.78 is 42.0. The lowest BCUT2D eigenvalue weighted by Crippen LogP contribution is -2.46. The van der Waals surface area contributed by atoms with Gasteiger partial charge in [0.2, 0.25) is 5.95 Å². The number of nitrogens with one attached hydrogen (secondary N) is 2. The predicted molar refractivity (Wildman–Crippen MR) is 142 cm³/mol. The molecule has 0 spiro atoms. The number of pyridine rings is 1. The van der Waals surface area contributed by atoms with E-state index in [1.54, 1.807) is 25.4 Å². The Labute approximate surface area is 216 Å². The number of piperazine rings is 1. The van der Waals surface area contributed by atoms with E-state index in [1.165, 1.54) is 13.2 Å². The van der Waals surface area contributed by atoms with Crippen molar-refractivity contribution in [2.45, 2.75) is 11.3 Å². The van der Waals surface area contributed by atoms with Gasteiger partial charge < -0.3 is 20.3 Å². The first-order valence-corrected chi connectivity index (χ1v) is 13.3. The van der Waals surface area contributed by atoms with Crippen molar-refractivity contribution in [3.8, 4) is 29.2 Å². The third kappa shape index (κ3) is 6.62. The molecule has 0 bridgehead atoms. The minimum Gasteiger partial charge on any atom is -0.497 e. The van der Waals surface area contributed by atoms with Crippen LogP contribution in [0, 0.1) is 12.3 Å². The summed E-state index contributed by atoms with van der Waals surface area (Å²) in [4.78, 5) is 17.7. The number of anilines is 2. The smallest absolute Gasteiger partial charge is 0.332 e. The Morgan fingerprint density at radius 1 is 1.14 bits per heavy atom. The number of ether oxygens (including phenoxy) is 1. The van der Waals surface area contributed by atoms with Gasteiger partial charge in [0, 0.05) is 63.0 Å². The average molecular weight is 528 g/mol. The molecule has 1 aliphatic heterocycles. The van der Waals surface area contributed by atoms with E-state index in [4.69, 9.17) is 11.2 Å². The quantitative estimate of drug-likeness (QED) is 0.232. The Kier molecular flexibility index (Phi) is 8.38. The second kappa shape index (κ2) is 11.7. The topological polar surface area (TPSA) is 113 Å². The number of fused-ring (bicyclic) bond motifs is 1. The van der Waals surface area contributed by atoms with E-state index in [0.29, 0.717) is 40.5 Å². The Morgan fingerprint density at radius 2 is 1.89 bits per heavy atom. The number of aromatic nitrogens is 3. The zero-order chi connectivity index (χ0) is 26.4. The predicted octanol–water partition coefficient (Wildman–Crippen LogP) is 2.45. The number of terminal acetylenes is 1. The van der Waals surface area contributed by atoms with E-state index in [2.05, 4.69) is 41.3 Å². The first-order valence-electron chi connectivity index (χ1n) is 11.9. The van der Waals surface area contributed by atoms with E-state index in [1.807, 2.05) is 0 Å². The van der Waals surface area contributed by atoms with Gasteiger partial charge in [-0.2, -0.15) is 13.4 Å². The minimum atomic E-state index is -4.92. The molecule has 4 rings (SSSR count). The van der Waals surface area contributed by atoms with Crippen LogP contribution in [0.25, 0.3) is 22.2 Å². The molecule has 2 aromatic heterocycles. The Bertz CT molecular complexity index is 1400. The fraction of sp³-hybridized carbons (Fsp3) is 0.400. The minimum absolute atomic E-state index is 0.209. The number of hydrogen-bond acceptors (Lipinski definition) is 10. The summed E-state index contributed by atoms with van der Waals surface area (Å²) in [5, 5.41) is 6.91. The Morgan fingerprint density at radius 3 is 2.57 bits per heavy atom. The maximum atomic E-state index is 13.7. The summed E-state index contributed by atoms with van der Waals surface area (Å²) in [7, 11) is -1.85. The molecule has 10 nitrogen and oxygen atoms in total. The fourth-order valence-corrected chi connectivity index (χ4v) is 4.77. The lowest BCUT2D eigenvalue weighted by molar-refractivity contribution is 0.144. The molecule has 0 radical (unpaired) electrons. The highest BCUT2D eigenvalue weighted by atomic mass is 32.3. The van der Waals surface area contributed by atoms with E-state index in [0.717, 1.165) is 51.8 Å². The summed E-state index contributed by atoms with van der Waals surface area (Å²) in [6.45, 7) is 6.42. The van der Waals surface area contributed by atoms with Crippen LogP contribution in [-0.2, 0) is 10.2 Å². The molecule has 1 fully saturated rings. The third-order valence-corrected chi connectivity index (χ3v) is 7.03. The maximum absolute atomic E-state index is 13.7. The van der Waals surface area contributed by atoms with Crippen molar-refractivity contribution in [1.29, 1.82) is 0 Å². The molecule has 0 atom stereocenters. The molecule has 1 saturated heterocycles. The van der Waals surface area contributed by atoms with Crippen molar-refractivity contribution in [2.75, 3.05) is 70.6 Å². The van der Waals surface area contributed by atoms with Gasteiger partial charge in [-0.05, 0) is 36.7 Å². The van der Waals surface area contributed by atoms with E-state index in [9.17, 15) is 12.3 Å². The van der Waals surface area contributed by atoms with Crippen LogP contribution in [0.3, 0.4) is 0 Å². The second-order valence-electron chi connectivity index (χ2n) is 8.68. The van der Waals surface area contributed by atoms with Crippen molar-refractivity contribution in [3.63, 3.8) is 0 Å². The molecule has 1 aromatic carbocycles. The summed E-state index contributed by atoms with van der Waals surface area (Å²) in [6.07, 6.45) is 7.99. The van der Waals surface area contributed by atoms with Crippen molar-refractivity contribution in [1.82, 2.24) is 24.8 Å². The maximum Gasteiger partial charge on any atom is 0.332 e. The Balaban J connectivity index is 1.46. The number of hydrogen-bond donors (Lipinski definition) is 2.